The minimum Gasteiger partial charge on any atom is -0.478 e. The minimum absolute atomic E-state index is 0.454. The van der Waals surface area contributed by atoms with Crippen molar-refractivity contribution in [2.24, 2.45) is 0 Å². The lowest BCUT2D eigenvalue weighted by Gasteiger charge is -2.13. The van der Waals surface area contributed by atoms with Crippen LogP contribution in [0.25, 0.3) is 6.08 Å². The molecule has 1 aromatic carbocycles. The van der Waals surface area contributed by atoms with Crippen molar-refractivity contribution in [3.63, 3.8) is 0 Å². The topological polar surface area (TPSA) is 54.3 Å². The largest absolute Gasteiger partial charge is 0.478 e. The van der Waals surface area contributed by atoms with Crippen molar-refractivity contribution < 1.29 is 9.90 Å². The van der Waals surface area contributed by atoms with Gasteiger partial charge in [0.15, 0.2) is 0 Å². The van der Waals surface area contributed by atoms with E-state index < -0.39 is 5.97 Å². The van der Waals surface area contributed by atoms with Crippen LogP contribution in [0.3, 0.4) is 0 Å². The molecular formula is C22H28N2O2. The molecule has 4 nitrogen and oxygen atoms in total. The van der Waals surface area contributed by atoms with Gasteiger partial charge in [-0.25, -0.2) is 4.79 Å². The maximum atomic E-state index is 11.9. The zero-order valence-electron chi connectivity index (χ0n) is 15.7. The van der Waals surface area contributed by atoms with Gasteiger partial charge >= 0.3 is 5.97 Å². The van der Waals surface area contributed by atoms with Crippen LogP contribution in [0, 0.1) is 13.8 Å². The van der Waals surface area contributed by atoms with Gasteiger partial charge in [0.1, 0.15) is 0 Å². The van der Waals surface area contributed by atoms with Crippen molar-refractivity contribution in [1.82, 2.24) is 9.88 Å². The highest BCUT2D eigenvalue weighted by molar-refractivity contribution is 5.91. The molecule has 1 aliphatic carbocycles. The summed E-state index contributed by atoms with van der Waals surface area (Å²) < 4.78 is 2.12. The third kappa shape index (κ3) is 3.75. The highest BCUT2D eigenvalue weighted by Crippen LogP contribution is 2.25. The number of carboxylic acid groups (broad SMARTS) is 1. The van der Waals surface area contributed by atoms with E-state index >= 15 is 0 Å². The molecule has 0 atom stereocenters. The second kappa shape index (κ2) is 7.92. The minimum atomic E-state index is -0.838. The van der Waals surface area contributed by atoms with Crippen LogP contribution in [-0.2, 0) is 13.1 Å². The number of hydrogen-bond donors (Lipinski definition) is 2. The molecule has 138 valence electrons. The standard InChI is InChI=1S/C22H28N2O2/c1-4-17-9-11-18(12-10-17)14-24-15(2)20(21(16(24)3)22(25)26)13-23-19-7-5-6-8-19/h4,9-12,19,23H,1,5-8,13-14H2,2-3H3,(H,25,26). The van der Waals surface area contributed by atoms with E-state index in [2.05, 4.69) is 28.6 Å². The van der Waals surface area contributed by atoms with E-state index in [-0.39, 0.29) is 0 Å². The van der Waals surface area contributed by atoms with Crippen LogP contribution in [-0.4, -0.2) is 21.7 Å². The van der Waals surface area contributed by atoms with Crippen molar-refractivity contribution in [3.05, 3.63) is 64.5 Å². The van der Waals surface area contributed by atoms with Crippen LogP contribution in [0.5, 0.6) is 0 Å². The van der Waals surface area contributed by atoms with E-state index in [4.69, 9.17) is 0 Å². The van der Waals surface area contributed by atoms with Gasteiger partial charge in [-0.05, 0) is 37.8 Å². The Bertz CT molecular complexity index is 797. The third-order valence-electron chi connectivity index (χ3n) is 5.60. The molecule has 26 heavy (non-hydrogen) atoms. The lowest BCUT2D eigenvalue weighted by molar-refractivity contribution is 0.0694. The van der Waals surface area contributed by atoms with Crippen molar-refractivity contribution in [1.29, 1.82) is 0 Å². The molecule has 0 spiro atoms. The Morgan fingerprint density at radius 3 is 2.46 bits per heavy atom. The molecule has 0 saturated heterocycles. The zero-order chi connectivity index (χ0) is 18.7. The molecule has 1 saturated carbocycles. The summed E-state index contributed by atoms with van der Waals surface area (Å²) in [5.74, 6) is -0.838. The molecule has 1 fully saturated rings. The monoisotopic (exact) mass is 352 g/mol. The maximum Gasteiger partial charge on any atom is 0.337 e. The molecule has 0 aliphatic heterocycles. The normalized spacial score (nSPS) is 14.7. The summed E-state index contributed by atoms with van der Waals surface area (Å²) in [7, 11) is 0. The first kappa shape index (κ1) is 18.5. The Kier molecular flexibility index (Phi) is 5.62. The summed E-state index contributed by atoms with van der Waals surface area (Å²) >= 11 is 0. The predicted octanol–water partition coefficient (Wildman–Crippen LogP) is 4.53. The average molecular weight is 352 g/mol. The van der Waals surface area contributed by atoms with Crippen LogP contribution in [0.2, 0.25) is 0 Å². The molecule has 0 unspecified atom stereocenters. The number of rotatable bonds is 7. The van der Waals surface area contributed by atoms with Crippen molar-refractivity contribution in [2.75, 3.05) is 0 Å². The molecule has 3 rings (SSSR count). The first-order valence-electron chi connectivity index (χ1n) is 9.38. The van der Waals surface area contributed by atoms with Gasteiger partial charge in [0.25, 0.3) is 0 Å². The van der Waals surface area contributed by atoms with Gasteiger partial charge in [-0.15, -0.1) is 0 Å². The molecule has 1 aliphatic rings. The highest BCUT2D eigenvalue weighted by Gasteiger charge is 2.24. The van der Waals surface area contributed by atoms with Gasteiger partial charge in [0.05, 0.1) is 5.56 Å². The van der Waals surface area contributed by atoms with Gasteiger partial charge < -0.3 is 15.0 Å². The smallest absolute Gasteiger partial charge is 0.337 e. The fourth-order valence-corrected chi connectivity index (χ4v) is 4.00. The number of nitrogens with one attached hydrogen (secondary N) is 1. The Morgan fingerprint density at radius 1 is 1.23 bits per heavy atom. The Hall–Kier alpha value is -2.33. The lowest BCUT2D eigenvalue weighted by Crippen LogP contribution is -2.26. The molecule has 0 radical (unpaired) electrons. The fraction of sp³-hybridized carbons (Fsp3) is 0.409. The number of carbonyl (C=O) groups is 1. The molecular weight excluding hydrogens is 324 g/mol. The Balaban J connectivity index is 1.87. The molecule has 0 bridgehead atoms. The molecule has 1 heterocycles. The van der Waals surface area contributed by atoms with Crippen molar-refractivity contribution >= 4 is 12.0 Å². The number of aromatic carboxylic acids is 1. The number of aromatic nitrogens is 1. The van der Waals surface area contributed by atoms with E-state index in [0.29, 0.717) is 24.7 Å². The number of hydrogen-bond acceptors (Lipinski definition) is 2. The first-order valence-corrected chi connectivity index (χ1v) is 9.38. The summed E-state index contributed by atoms with van der Waals surface area (Å²) in [5.41, 5.74) is 5.48. The maximum absolute atomic E-state index is 11.9. The average Bonchev–Trinajstić information content (AvgIpc) is 3.22. The van der Waals surface area contributed by atoms with Gasteiger partial charge in [-0.1, -0.05) is 49.8 Å². The van der Waals surface area contributed by atoms with E-state index in [0.717, 1.165) is 28.1 Å². The second-order valence-electron chi connectivity index (χ2n) is 7.22. The third-order valence-corrected chi connectivity index (χ3v) is 5.60. The van der Waals surface area contributed by atoms with Crippen LogP contribution >= 0.6 is 0 Å². The predicted molar refractivity (Wildman–Crippen MR) is 106 cm³/mol. The number of carboxylic acids is 1. The van der Waals surface area contributed by atoms with Gasteiger partial charge in [0, 0.05) is 36.1 Å². The zero-order valence-corrected chi connectivity index (χ0v) is 15.7. The molecule has 2 N–H and O–H groups in total. The molecule has 1 aromatic heterocycles. The van der Waals surface area contributed by atoms with Crippen LogP contribution in [0.1, 0.15) is 64.1 Å². The van der Waals surface area contributed by atoms with Gasteiger partial charge in [0.2, 0.25) is 0 Å². The molecule has 2 aromatic rings. The Morgan fingerprint density at radius 2 is 1.88 bits per heavy atom. The van der Waals surface area contributed by atoms with E-state index in [1.54, 1.807) is 0 Å². The quantitative estimate of drug-likeness (QED) is 0.770. The van der Waals surface area contributed by atoms with E-state index in [1.807, 2.05) is 32.1 Å². The first-order chi connectivity index (χ1) is 12.5. The van der Waals surface area contributed by atoms with Crippen molar-refractivity contribution in [3.8, 4) is 0 Å². The SMILES string of the molecule is C=Cc1ccc(Cn2c(C)c(CNC3CCCC3)c(C(=O)O)c2C)cc1. The summed E-state index contributed by atoms with van der Waals surface area (Å²) in [4.78, 5) is 11.9. The van der Waals surface area contributed by atoms with E-state index in [9.17, 15) is 9.90 Å². The number of benzene rings is 1. The molecule has 4 heteroatoms. The summed E-state index contributed by atoms with van der Waals surface area (Å²) in [5, 5.41) is 13.3. The van der Waals surface area contributed by atoms with E-state index in [1.165, 1.54) is 25.7 Å². The number of nitrogens with zero attached hydrogens (tertiary/aromatic N) is 1. The lowest BCUT2D eigenvalue weighted by atomic mass is 10.1. The summed E-state index contributed by atoms with van der Waals surface area (Å²) in [6.07, 6.45) is 6.74. The Labute approximate surface area is 155 Å². The van der Waals surface area contributed by atoms with Crippen LogP contribution in [0.15, 0.2) is 30.8 Å². The van der Waals surface area contributed by atoms with Crippen LogP contribution in [0.4, 0.5) is 0 Å². The van der Waals surface area contributed by atoms with Crippen molar-refractivity contribution in [2.45, 2.75) is 58.7 Å². The second-order valence-corrected chi connectivity index (χ2v) is 7.22. The fourth-order valence-electron chi connectivity index (χ4n) is 4.00. The summed E-state index contributed by atoms with van der Waals surface area (Å²) in [6.45, 7) is 9.03. The summed E-state index contributed by atoms with van der Waals surface area (Å²) in [6, 6.07) is 8.75. The van der Waals surface area contributed by atoms with Gasteiger partial charge in [-0.2, -0.15) is 0 Å². The molecule has 0 amide bonds. The van der Waals surface area contributed by atoms with Gasteiger partial charge in [-0.3, -0.25) is 0 Å². The van der Waals surface area contributed by atoms with Crippen LogP contribution < -0.4 is 5.32 Å². The highest BCUT2D eigenvalue weighted by atomic mass is 16.4.